The van der Waals surface area contributed by atoms with Gasteiger partial charge in [-0.3, -0.25) is 0 Å². The van der Waals surface area contributed by atoms with E-state index in [0.717, 1.165) is 11.9 Å². The van der Waals surface area contributed by atoms with E-state index >= 15 is 0 Å². The molecule has 0 aromatic rings. The van der Waals surface area contributed by atoms with E-state index in [-0.39, 0.29) is 5.60 Å². The summed E-state index contributed by atoms with van der Waals surface area (Å²) < 4.78 is 5.86. The fourth-order valence-corrected chi connectivity index (χ4v) is 3.04. The van der Waals surface area contributed by atoms with Gasteiger partial charge in [-0.25, -0.2) is 0 Å². The van der Waals surface area contributed by atoms with Crippen LogP contribution in [0.2, 0.25) is 0 Å². The Hall–Kier alpha value is 0.440. The zero-order valence-electron chi connectivity index (χ0n) is 8.11. The molecular formula is C10H19BrO. The molecule has 0 aromatic heterocycles. The first-order valence-electron chi connectivity index (χ1n) is 4.95. The minimum atomic E-state index is 0.163. The molecule has 0 bridgehead atoms. The lowest BCUT2D eigenvalue weighted by Crippen LogP contribution is -2.37. The first-order valence-corrected chi connectivity index (χ1v) is 6.07. The molecule has 2 atom stereocenters. The molecule has 1 fully saturated rings. The standard InChI is InChI=1S/C10H19BrO/c1-3-5-9(2)10(8-11)6-4-7-12-10/h9H,3-8H2,1-2H3. The third-order valence-electron chi connectivity index (χ3n) is 2.98. The summed E-state index contributed by atoms with van der Waals surface area (Å²) in [7, 11) is 0. The van der Waals surface area contributed by atoms with Gasteiger partial charge in [0.15, 0.2) is 0 Å². The van der Waals surface area contributed by atoms with Gasteiger partial charge in [0.1, 0.15) is 0 Å². The van der Waals surface area contributed by atoms with Gasteiger partial charge in [0.25, 0.3) is 0 Å². The van der Waals surface area contributed by atoms with E-state index in [4.69, 9.17) is 4.74 Å². The van der Waals surface area contributed by atoms with Gasteiger partial charge in [0.05, 0.1) is 5.60 Å². The highest BCUT2D eigenvalue weighted by Crippen LogP contribution is 2.36. The summed E-state index contributed by atoms with van der Waals surface area (Å²) in [4.78, 5) is 0. The first-order chi connectivity index (χ1) is 5.75. The minimum Gasteiger partial charge on any atom is -0.374 e. The van der Waals surface area contributed by atoms with E-state index in [1.807, 2.05) is 0 Å². The van der Waals surface area contributed by atoms with E-state index in [0.29, 0.717) is 5.92 Å². The Kier molecular flexibility index (Phi) is 4.04. The molecule has 0 saturated carbocycles. The van der Waals surface area contributed by atoms with Gasteiger partial charge in [-0.1, -0.05) is 36.2 Å². The quantitative estimate of drug-likeness (QED) is 0.679. The average Bonchev–Trinajstić information content (AvgIpc) is 2.54. The van der Waals surface area contributed by atoms with Crippen molar-refractivity contribution in [3.8, 4) is 0 Å². The lowest BCUT2D eigenvalue weighted by molar-refractivity contribution is -0.0205. The second-order valence-electron chi connectivity index (χ2n) is 3.84. The molecule has 2 heteroatoms. The molecule has 12 heavy (non-hydrogen) atoms. The highest BCUT2D eigenvalue weighted by Gasteiger charge is 2.38. The average molecular weight is 235 g/mol. The number of hydrogen-bond donors (Lipinski definition) is 0. The van der Waals surface area contributed by atoms with Crippen molar-refractivity contribution in [2.45, 2.75) is 45.1 Å². The van der Waals surface area contributed by atoms with Crippen LogP contribution in [-0.2, 0) is 4.74 Å². The van der Waals surface area contributed by atoms with Crippen molar-refractivity contribution in [3.05, 3.63) is 0 Å². The molecule has 1 aliphatic heterocycles. The summed E-state index contributed by atoms with van der Waals surface area (Å²) >= 11 is 3.58. The van der Waals surface area contributed by atoms with Crippen molar-refractivity contribution < 1.29 is 4.74 Å². The predicted octanol–water partition coefficient (Wildman–Crippen LogP) is 3.37. The Bertz CT molecular complexity index is 130. The molecule has 0 N–H and O–H groups in total. The molecule has 1 aliphatic rings. The molecule has 1 saturated heterocycles. The molecule has 2 unspecified atom stereocenters. The fourth-order valence-electron chi connectivity index (χ4n) is 2.04. The molecular weight excluding hydrogens is 216 g/mol. The third kappa shape index (κ3) is 2.02. The van der Waals surface area contributed by atoms with Gasteiger partial charge in [0.2, 0.25) is 0 Å². The summed E-state index contributed by atoms with van der Waals surface area (Å²) in [6.07, 6.45) is 5.02. The van der Waals surface area contributed by atoms with Crippen LogP contribution in [0.25, 0.3) is 0 Å². The molecule has 72 valence electrons. The van der Waals surface area contributed by atoms with Gasteiger partial charge in [-0.05, 0) is 25.2 Å². The summed E-state index contributed by atoms with van der Waals surface area (Å²) in [6.45, 7) is 5.52. The largest absolute Gasteiger partial charge is 0.374 e. The number of rotatable bonds is 4. The molecule has 0 aliphatic carbocycles. The van der Waals surface area contributed by atoms with E-state index in [2.05, 4.69) is 29.8 Å². The summed E-state index contributed by atoms with van der Waals surface area (Å²) in [5, 5.41) is 1.00. The summed E-state index contributed by atoms with van der Waals surface area (Å²) in [5.41, 5.74) is 0.163. The molecule has 1 nitrogen and oxygen atoms in total. The van der Waals surface area contributed by atoms with Crippen molar-refractivity contribution in [3.63, 3.8) is 0 Å². The molecule has 0 radical (unpaired) electrons. The highest BCUT2D eigenvalue weighted by atomic mass is 79.9. The Balaban J connectivity index is 2.52. The maximum atomic E-state index is 5.86. The van der Waals surface area contributed by atoms with Gasteiger partial charge >= 0.3 is 0 Å². The Morgan fingerprint density at radius 2 is 2.33 bits per heavy atom. The van der Waals surface area contributed by atoms with Crippen LogP contribution in [0.15, 0.2) is 0 Å². The SMILES string of the molecule is CCCC(C)C1(CBr)CCCO1. The van der Waals surface area contributed by atoms with E-state index in [1.165, 1.54) is 25.7 Å². The normalized spacial score (nSPS) is 32.2. The predicted molar refractivity (Wildman–Crippen MR) is 55.8 cm³/mol. The number of hydrogen-bond acceptors (Lipinski definition) is 1. The van der Waals surface area contributed by atoms with Crippen LogP contribution in [0, 0.1) is 5.92 Å². The van der Waals surface area contributed by atoms with Gasteiger partial charge in [0, 0.05) is 11.9 Å². The van der Waals surface area contributed by atoms with Crippen molar-refractivity contribution in [2.24, 2.45) is 5.92 Å². The Labute approximate surface area is 84.0 Å². The number of ether oxygens (including phenoxy) is 1. The fraction of sp³-hybridized carbons (Fsp3) is 1.00. The zero-order valence-corrected chi connectivity index (χ0v) is 9.69. The minimum absolute atomic E-state index is 0.163. The topological polar surface area (TPSA) is 9.23 Å². The number of halogens is 1. The van der Waals surface area contributed by atoms with Gasteiger partial charge in [-0.15, -0.1) is 0 Å². The monoisotopic (exact) mass is 234 g/mol. The van der Waals surface area contributed by atoms with Crippen molar-refractivity contribution in [1.82, 2.24) is 0 Å². The van der Waals surface area contributed by atoms with E-state index in [9.17, 15) is 0 Å². The second kappa shape index (κ2) is 4.61. The van der Waals surface area contributed by atoms with Crippen LogP contribution in [0.1, 0.15) is 39.5 Å². The lowest BCUT2D eigenvalue weighted by Gasteiger charge is -2.32. The molecule has 1 rings (SSSR count). The molecule has 0 spiro atoms. The van der Waals surface area contributed by atoms with Crippen LogP contribution in [0.4, 0.5) is 0 Å². The smallest absolute Gasteiger partial charge is 0.0805 e. The van der Waals surface area contributed by atoms with E-state index in [1.54, 1.807) is 0 Å². The molecule has 0 aromatic carbocycles. The third-order valence-corrected chi connectivity index (χ3v) is 3.93. The highest BCUT2D eigenvalue weighted by molar-refractivity contribution is 9.09. The van der Waals surface area contributed by atoms with Crippen LogP contribution in [0.5, 0.6) is 0 Å². The summed E-state index contributed by atoms with van der Waals surface area (Å²) in [5.74, 6) is 0.698. The van der Waals surface area contributed by atoms with Crippen molar-refractivity contribution in [1.29, 1.82) is 0 Å². The second-order valence-corrected chi connectivity index (χ2v) is 4.40. The Morgan fingerprint density at radius 3 is 2.75 bits per heavy atom. The van der Waals surface area contributed by atoms with Gasteiger partial charge in [-0.2, -0.15) is 0 Å². The van der Waals surface area contributed by atoms with Crippen molar-refractivity contribution >= 4 is 15.9 Å². The summed E-state index contributed by atoms with van der Waals surface area (Å²) in [6, 6.07) is 0. The van der Waals surface area contributed by atoms with E-state index < -0.39 is 0 Å². The lowest BCUT2D eigenvalue weighted by atomic mass is 9.85. The Morgan fingerprint density at radius 1 is 1.58 bits per heavy atom. The van der Waals surface area contributed by atoms with Gasteiger partial charge < -0.3 is 4.74 Å². The molecule has 1 heterocycles. The maximum Gasteiger partial charge on any atom is 0.0805 e. The maximum absolute atomic E-state index is 5.86. The van der Waals surface area contributed by atoms with Crippen LogP contribution in [0.3, 0.4) is 0 Å². The zero-order chi connectivity index (χ0) is 9.03. The first kappa shape index (κ1) is 10.5. The van der Waals surface area contributed by atoms with Crippen LogP contribution >= 0.6 is 15.9 Å². The molecule has 0 amide bonds. The van der Waals surface area contributed by atoms with Crippen LogP contribution in [-0.4, -0.2) is 17.5 Å². The van der Waals surface area contributed by atoms with Crippen LogP contribution < -0.4 is 0 Å². The number of alkyl halides is 1. The van der Waals surface area contributed by atoms with Crippen molar-refractivity contribution in [2.75, 3.05) is 11.9 Å².